The summed E-state index contributed by atoms with van der Waals surface area (Å²) in [6.07, 6.45) is 9.23. The highest BCUT2D eigenvalue weighted by molar-refractivity contribution is 7.14. The molecule has 0 radical (unpaired) electrons. The zero-order valence-electron chi connectivity index (χ0n) is 14.6. The first-order valence-electron chi connectivity index (χ1n) is 8.09. The molecule has 0 bridgehead atoms. The van der Waals surface area contributed by atoms with Crippen molar-refractivity contribution in [2.24, 2.45) is 0 Å². The van der Waals surface area contributed by atoms with Gasteiger partial charge in [0.05, 0.1) is 9.41 Å². The molecule has 5 nitrogen and oxygen atoms in total. The van der Waals surface area contributed by atoms with Gasteiger partial charge in [-0.1, -0.05) is 5.92 Å². The molecular weight excluding hydrogens is 362 g/mol. The van der Waals surface area contributed by atoms with E-state index in [9.17, 15) is 0 Å². The van der Waals surface area contributed by atoms with Gasteiger partial charge in [-0.2, -0.15) is 9.61 Å². The van der Waals surface area contributed by atoms with E-state index < -0.39 is 0 Å². The van der Waals surface area contributed by atoms with Gasteiger partial charge in [-0.15, -0.1) is 29.1 Å². The minimum atomic E-state index is -0.101. The summed E-state index contributed by atoms with van der Waals surface area (Å²) < 4.78 is 4.47. The first-order chi connectivity index (χ1) is 12.5. The summed E-state index contributed by atoms with van der Waals surface area (Å²) in [4.78, 5) is 9.56. The molecule has 0 amide bonds. The fraction of sp³-hybridized carbons (Fsp3) is 0.211. The van der Waals surface area contributed by atoms with Crippen molar-refractivity contribution in [2.45, 2.75) is 26.3 Å². The highest BCUT2D eigenvalue weighted by atomic mass is 32.1. The SMILES string of the molecule is C#Cc1ccsc1-c1nc2cccnn2c1NC(C)(C)C.c1nc2sc1=2. The van der Waals surface area contributed by atoms with E-state index in [4.69, 9.17) is 11.4 Å². The van der Waals surface area contributed by atoms with Crippen molar-refractivity contribution in [1.29, 1.82) is 0 Å². The number of nitrogens with zero attached hydrogens (tertiary/aromatic N) is 4. The summed E-state index contributed by atoms with van der Waals surface area (Å²) in [5.74, 6) is 3.59. The summed E-state index contributed by atoms with van der Waals surface area (Å²) in [6.45, 7) is 6.32. The molecule has 0 unspecified atom stereocenters. The number of thiophene rings is 1. The number of hydrogen-bond acceptors (Lipinski definition) is 6. The van der Waals surface area contributed by atoms with Gasteiger partial charge in [-0.3, -0.25) is 0 Å². The first kappa shape index (κ1) is 16.8. The lowest BCUT2D eigenvalue weighted by atomic mass is 10.1. The molecule has 1 N–H and O–H groups in total. The Bertz CT molecular complexity index is 1190. The van der Waals surface area contributed by atoms with Crippen LogP contribution in [0.4, 0.5) is 5.82 Å². The van der Waals surface area contributed by atoms with Gasteiger partial charge in [0.15, 0.2) is 11.5 Å². The number of nitrogens with one attached hydrogen (secondary N) is 1. The summed E-state index contributed by atoms with van der Waals surface area (Å²) >= 11 is 3.37. The Labute approximate surface area is 159 Å². The van der Waals surface area contributed by atoms with Crippen LogP contribution in [0.5, 0.6) is 0 Å². The summed E-state index contributed by atoms with van der Waals surface area (Å²) in [5.41, 5.74) is 2.41. The minimum Gasteiger partial charge on any atom is -0.364 e. The Kier molecular flexibility index (Phi) is 4.02. The molecule has 0 fully saturated rings. The third-order valence-electron chi connectivity index (χ3n) is 3.60. The molecule has 0 saturated carbocycles. The van der Waals surface area contributed by atoms with Crippen LogP contribution in [0.2, 0.25) is 0 Å². The van der Waals surface area contributed by atoms with Gasteiger partial charge in [0.25, 0.3) is 0 Å². The molecule has 0 saturated heterocycles. The molecule has 7 heteroatoms. The van der Waals surface area contributed by atoms with Crippen molar-refractivity contribution in [3.63, 3.8) is 0 Å². The maximum Gasteiger partial charge on any atom is 0.157 e. The zero-order valence-corrected chi connectivity index (χ0v) is 16.3. The fourth-order valence-corrected chi connectivity index (χ4v) is 3.74. The second-order valence-corrected chi connectivity index (χ2v) is 8.76. The predicted octanol–water partition coefficient (Wildman–Crippen LogP) is 4.39. The summed E-state index contributed by atoms with van der Waals surface area (Å²) in [7, 11) is 0. The molecule has 26 heavy (non-hydrogen) atoms. The lowest BCUT2D eigenvalue weighted by molar-refractivity contribution is 0.626. The van der Waals surface area contributed by atoms with Gasteiger partial charge in [0.1, 0.15) is 10.4 Å². The van der Waals surface area contributed by atoms with E-state index in [0.29, 0.717) is 0 Å². The summed E-state index contributed by atoms with van der Waals surface area (Å²) in [6, 6.07) is 5.76. The molecule has 5 heterocycles. The van der Waals surface area contributed by atoms with Gasteiger partial charge < -0.3 is 5.32 Å². The van der Waals surface area contributed by atoms with Gasteiger partial charge in [0, 0.05) is 23.5 Å². The molecule has 0 atom stereocenters. The van der Waals surface area contributed by atoms with Crippen LogP contribution in [0.15, 0.2) is 36.0 Å². The van der Waals surface area contributed by atoms with Crippen molar-refractivity contribution in [2.75, 3.05) is 5.32 Å². The number of fused-ring (bicyclic) bond motifs is 1. The van der Waals surface area contributed by atoms with Crippen LogP contribution in [0.1, 0.15) is 26.3 Å². The van der Waals surface area contributed by atoms with Gasteiger partial charge >= 0.3 is 0 Å². The van der Waals surface area contributed by atoms with Gasteiger partial charge in [-0.25, -0.2) is 9.97 Å². The summed E-state index contributed by atoms with van der Waals surface area (Å²) in [5, 5.41) is 9.87. The van der Waals surface area contributed by atoms with Crippen LogP contribution in [0, 0.1) is 21.5 Å². The molecule has 0 aromatic carbocycles. The van der Waals surface area contributed by atoms with Crippen LogP contribution >= 0.6 is 22.7 Å². The second kappa shape index (κ2) is 6.24. The fourth-order valence-electron chi connectivity index (χ4n) is 2.42. The Morgan fingerprint density at radius 1 is 1.27 bits per heavy atom. The molecule has 0 spiro atoms. The third-order valence-corrected chi connectivity index (χ3v) is 5.35. The van der Waals surface area contributed by atoms with Crippen LogP contribution in [-0.2, 0) is 0 Å². The molecule has 3 aromatic rings. The van der Waals surface area contributed by atoms with Crippen molar-refractivity contribution < 1.29 is 0 Å². The number of imidazole rings is 1. The van der Waals surface area contributed by atoms with Crippen LogP contribution < -0.4 is 5.32 Å². The number of rotatable bonds is 2. The predicted molar refractivity (Wildman–Crippen MR) is 107 cm³/mol. The molecule has 0 aliphatic carbocycles. The number of hydrogen-bond donors (Lipinski definition) is 1. The van der Waals surface area contributed by atoms with Crippen LogP contribution in [0.25, 0.3) is 16.2 Å². The maximum absolute atomic E-state index is 5.59. The average Bonchev–Trinajstić information content (AvgIpc) is 2.96. The Morgan fingerprint density at radius 2 is 2.08 bits per heavy atom. The average molecular weight is 380 g/mol. The largest absolute Gasteiger partial charge is 0.364 e. The molecule has 2 aliphatic rings. The quantitative estimate of drug-likeness (QED) is 0.462. The Balaban J connectivity index is 0.000000283. The van der Waals surface area contributed by atoms with E-state index in [-0.39, 0.29) is 5.54 Å². The van der Waals surface area contributed by atoms with Gasteiger partial charge in [0.2, 0.25) is 0 Å². The smallest absolute Gasteiger partial charge is 0.157 e. The van der Waals surface area contributed by atoms with E-state index in [1.807, 2.05) is 34.3 Å². The molecule has 5 rings (SSSR count). The van der Waals surface area contributed by atoms with E-state index in [1.54, 1.807) is 28.9 Å². The second-order valence-electron chi connectivity index (χ2n) is 6.82. The topological polar surface area (TPSA) is 55.1 Å². The minimum absolute atomic E-state index is 0.101. The van der Waals surface area contributed by atoms with Gasteiger partial charge in [-0.05, 0) is 44.4 Å². The monoisotopic (exact) mass is 379 g/mol. The number of thiazole rings is 1. The highest BCUT2D eigenvalue weighted by Gasteiger charge is 2.21. The molecular formula is C19H17N5S2. The van der Waals surface area contributed by atoms with E-state index >= 15 is 0 Å². The normalized spacial score (nSPS) is 11.6. The van der Waals surface area contributed by atoms with E-state index in [2.05, 4.69) is 42.1 Å². The van der Waals surface area contributed by atoms with E-state index in [0.717, 1.165) is 27.6 Å². The maximum atomic E-state index is 5.59. The number of terminal acetylenes is 1. The highest BCUT2D eigenvalue weighted by Crippen LogP contribution is 2.35. The molecule has 130 valence electrons. The number of anilines is 1. The molecule has 2 aliphatic heterocycles. The Morgan fingerprint density at radius 3 is 2.65 bits per heavy atom. The first-order valence-corrected chi connectivity index (χ1v) is 9.78. The van der Waals surface area contributed by atoms with Crippen LogP contribution in [-0.4, -0.2) is 25.1 Å². The molecule has 3 aromatic heterocycles. The van der Waals surface area contributed by atoms with E-state index in [1.165, 1.54) is 9.20 Å². The van der Waals surface area contributed by atoms with Crippen molar-refractivity contribution in [1.82, 2.24) is 19.6 Å². The third kappa shape index (κ3) is 3.21. The Hall–Kier alpha value is -2.69. The van der Waals surface area contributed by atoms with Crippen molar-refractivity contribution in [3.8, 4) is 22.9 Å². The standard InChI is InChI=1S/C16H16N4S.C3HNS/c1-5-11-8-10-21-14(11)13-15(19-16(2,3)4)20-12(18-13)7-6-9-17-20;1-2-3(4-1)5-2/h1,6-10,19H,2-4H3;1H. The zero-order chi connectivity index (χ0) is 18.3. The lowest BCUT2D eigenvalue weighted by Gasteiger charge is -2.22. The van der Waals surface area contributed by atoms with Crippen molar-refractivity contribution in [3.05, 3.63) is 50.7 Å². The number of aromatic nitrogens is 4. The van der Waals surface area contributed by atoms with Crippen LogP contribution in [0.3, 0.4) is 0 Å². The lowest BCUT2D eigenvalue weighted by Crippen LogP contribution is -2.27. The van der Waals surface area contributed by atoms with Crippen molar-refractivity contribution >= 4 is 34.1 Å².